The van der Waals surface area contributed by atoms with Crippen molar-refractivity contribution in [2.24, 2.45) is 0 Å². The topological polar surface area (TPSA) is 29.5 Å². The summed E-state index contributed by atoms with van der Waals surface area (Å²) in [6.45, 7) is 3.50. The predicted molar refractivity (Wildman–Crippen MR) is 63.9 cm³/mol. The van der Waals surface area contributed by atoms with E-state index < -0.39 is 17.2 Å². The minimum atomic E-state index is -0.937. The lowest BCUT2D eigenvalue weighted by atomic mass is 10.1. The Labute approximate surface area is 105 Å². The summed E-state index contributed by atoms with van der Waals surface area (Å²) in [5, 5.41) is 0. The molecule has 1 amide bonds. The summed E-state index contributed by atoms with van der Waals surface area (Å²) in [6, 6.07) is 3.57. The van der Waals surface area contributed by atoms with Crippen LogP contribution in [0, 0.1) is 11.6 Å². The molecule has 1 rings (SSSR count). The number of rotatable bonds is 4. The highest BCUT2D eigenvalue weighted by Gasteiger charge is 2.30. The van der Waals surface area contributed by atoms with Crippen molar-refractivity contribution in [1.29, 1.82) is 0 Å². The Morgan fingerprint density at radius 2 is 1.94 bits per heavy atom. The van der Waals surface area contributed by atoms with Crippen molar-refractivity contribution in [3.8, 4) is 0 Å². The van der Waals surface area contributed by atoms with Gasteiger partial charge in [-0.2, -0.15) is 0 Å². The third-order valence-corrected chi connectivity index (χ3v) is 2.78. The van der Waals surface area contributed by atoms with Gasteiger partial charge in [0, 0.05) is 20.7 Å². The number of hydrogen-bond donors (Lipinski definition) is 0. The molecule has 1 aromatic rings. The second-order valence-electron chi connectivity index (χ2n) is 4.62. The molecule has 0 heterocycles. The van der Waals surface area contributed by atoms with Gasteiger partial charge in [-0.3, -0.25) is 4.79 Å². The highest BCUT2D eigenvalue weighted by Crippen LogP contribution is 2.15. The molecule has 3 nitrogen and oxygen atoms in total. The van der Waals surface area contributed by atoms with Crippen LogP contribution in [0.4, 0.5) is 8.78 Å². The molecule has 0 aliphatic heterocycles. The van der Waals surface area contributed by atoms with Crippen LogP contribution in [0.3, 0.4) is 0 Å². The van der Waals surface area contributed by atoms with E-state index in [0.717, 1.165) is 12.1 Å². The van der Waals surface area contributed by atoms with E-state index in [2.05, 4.69) is 0 Å². The molecule has 0 aliphatic rings. The van der Waals surface area contributed by atoms with Gasteiger partial charge in [-0.1, -0.05) is 6.07 Å². The van der Waals surface area contributed by atoms with Crippen molar-refractivity contribution in [3.05, 3.63) is 35.4 Å². The van der Waals surface area contributed by atoms with Crippen LogP contribution in [-0.2, 0) is 16.1 Å². The quantitative estimate of drug-likeness (QED) is 0.828. The van der Waals surface area contributed by atoms with E-state index in [-0.39, 0.29) is 12.5 Å². The van der Waals surface area contributed by atoms with Gasteiger partial charge in [0.15, 0.2) is 11.6 Å². The smallest absolute Gasteiger partial charge is 0.254 e. The van der Waals surface area contributed by atoms with Crippen LogP contribution < -0.4 is 0 Å². The summed E-state index contributed by atoms with van der Waals surface area (Å²) < 4.78 is 30.9. The molecule has 18 heavy (non-hydrogen) atoms. The molecule has 0 atom stereocenters. The van der Waals surface area contributed by atoms with E-state index in [9.17, 15) is 13.6 Å². The molecule has 0 spiro atoms. The number of nitrogens with zero attached hydrogens (tertiary/aromatic N) is 1. The maximum Gasteiger partial charge on any atom is 0.254 e. The van der Waals surface area contributed by atoms with Gasteiger partial charge in [-0.25, -0.2) is 8.78 Å². The first-order chi connectivity index (χ1) is 8.27. The van der Waals surface area contributed by atoms with E-state index in [4.69, 9.17) is 4.74 Å². The fraction of sp³-hybridized carbons (Fsp3) is 0.462. The SMILES string of the molecule is COC(C)(C)C(=O)N(C)Cc1ccc(F)c(F)c1. The van der Waals surface area contributed by atoms with Crippen LogP contribution in [0.25, 0.3) is 0 Å². The molecule has 0 N–H and O–H groups in total. The van der Waals surface area contributed by atoms with E-state index in [1.807, 2.05) is 0 Å². The fourth-order valence-electron chi connectivity index (χ4n) is 1.53. The van der Waals surface area contributed by atoms with E-state index in [0.29, 0.717) is 5.56 Å². The van der Waals surface area contributed by atoms with Crippen LogP contribution in [0.1, 0.15) is 19.4 Å². The average molecular weight is 257 g/mol. The van der Waals surface area contributed by atoms with Gasteiger partial charge in [-0.05, 0) is 31.5 Å². The Hall–Kier alpha value is -1.49. The Morgan fingerprint density at radius 3 is 2.44 bits per heavy atom. The molecule has 1 aromatic carbocycles. The first-order valence-electron chi connectivity index (χ1n) is 5.52. The number of hydrogen-bond acceptors (Lipinski definition) is 2. The lowest BCUT2D eigenvalue weighted by Gasteiger charge is -2.28. The number of amides is 1. The first kappa shape index (κ1) is 14.6. The highest BCUT2D eigenvalue weighted by atomic mass is 19.2. The van der Waals surface area contributed by atoms with Crippen molar-refractivity contribution in [2.75, 3.05) is 14.2 Å². The van der Waals surface area contributed by atoms with Crippen molar-refractivity contribution in [3.63, 3.8) is 0 Å². The Bertz CT molecular complexity index is 447. The van der Waals surface area contributed by atoms with Crippen LogP contribution >= 0.6 is 0 Å². The maximum absolute atomic E-state index is 13.0. The minimum Gasteiger partial charge on any atom is -0.369 e. The molecule has 5 heteroatoms. The molecule has 0 fully saturated rings. The first-order valence-corrected chi connectivity index (χ1v) is 5.52. The van der Waals surface area contributed by atoms with Crippen molar-refractivity contribution >= 4 is 5.91 Å². The van der Waals surface area contributed by atoms with E-state index >= 15 is 0 Å². The number of ether oxygens (including phenoxy) is 1. The summed E-state index contributed by atoms with van der Waals surface area (Å²) in [6.07, 6.45) is 0. The second-order valence-corrected chi connectivity index (χ2v) is 4.62. The second kappa shape index (κ2) is 5.44. The zero-order chi connectivity index (χ0) is 13.9. The van der Waals surface area contributed by atoms with Gasteiger partial charge in [0.05, 0.1) is 0 Å². The number of carbonyl (C=O) groups is 1. The van der Waals surface area contributed by atoms with E-state index in [1.165, 1.54) is 18.1 Å². The predicted octanol–water partition coefficient (Wildman–Crippen LogP) is 2.35. The number of methoxy groups -OCH3 is 1. The van der Waals surface area contributed by atoms with Crippen molar-refractivity contribution in [1.82, 2.24) is 4.90 Å². The van der Waals surface area contributed by atoms with Crippen molar-refractivity contribution < 1.29 is 18.3 Å². The molecule has 0 saturated carbocycles. The molecule has 0 radical (unpaired) electrons. The molecular weight excluding hydrogens is 240 g/mol. The maximum atomic E-state index is 13.0. The third-order valence-electron chi connectivity index (χ3n) is 2.78. The van der Waals surface area contributed by atoms with Gasteiger partial charge in [0.2, 0.25) is 0 Å². The number of likely N-dealkylation sites (N-methyl/N-ethyl adjacent to an activating group) is 1. The van der Waals surface area contributed by atoms with Gasteiger partial charge in [0.25, 0.3) is 5.91 Å². The molecule has 0 aromatic heterocycles. The summed E-state index contributed by atoms with van der Waals surface area (Å²) >= 11 is 0. The van der Waals surface area contributed by atoms with Crippen LogP contribution in [-0.4, -0.2) is 30.6 Å². The van der Waals surface area contributed by atoms with Crippen LogP contribution in [0.5, 0.6) is 0 Å². The van der Waals surface area contributed by atoms with E-state index in [1.54, 1.807) is 20.9 Å². The molecule has 0 bridgehead atoms. The van der Waals surface area contributed by atoms with Crippen LogP contribution in [0.15, 0.2) is 18.2 Å². The Kier molecular flexibility index (Phi) is 4.40. The average Bonchev–Trinajstić information content (AvgIpc) is 2.32. The van der Waals surface area contributed by atoms with Gasteiger partial charge >= 0.3 is 0 Å². The summed E-state index contributed by atoms with van der Waals surface area (Å²) in [5.74, 6) is -2.04. The number of carbonyl (C=O) groups excluding carboxylic acids is 1. The highest BCUT2D eigenvalue weighted by molar-refractivity contribution is 5.84. The Morgan fingerprint density at radius 1 is 1.33 bits per heavy atom. The third kappa shape index (κ3) is 3.26. The normalized spacial score (nSPS) is 11.4. The standard InChI is InChI=1S/C13H17F2NO2/c1-13(2,18-4)12(17)16(3)8-9-5-6-10(14)11(15)7-9/h5-7H,8H2,1-4H3. The van der Waals surface area contributed by atoms with Gasteiger partial charge < -0.3 is 9.64 Å². The minimum absolute atomic E-state index is 0.197. The van der Waals surface area contributed by atoms with Gasteiger partial charge in [-0.15, -0.1) is 0 Å². The van der Waals surface area contributed by atoms with Crippen LogP contribution in [0.2, 0.25) is 0 Å². The molecule has 0 saturated heterocycles. The Balaban J connectivity index is 2.78. The summed E-state index contributed by atoms with van der Waals surface area (Å²) in [7, 11) is 3.04. The molecule has 0 unspecified atom stereocenters. The molecular formula is C13H17F2NO2. The summed E-state index contributed by atoms with van der Waals surface area (Å²) in [5.41, 5.74) is -0.412. The zero-order valence-electron chi connectivity index (χ0n) is 11.0. The van der Waals surface area contributed by atoms with Gasteiger partial charge in [0.1, 0.15) is 5.60 Å². The number of benzene rings is 1. The largest absolute Gasteiger partial charge is 0.369 e. The molecule has 0 aliphatic carbocycles. The molecule has 100 valence electrons. The lowest BCUT2D eigenvalue weighted by Crippen LogP contribution is -2.44. The van der Waals surface area contributed by atoms with Crippen molar-refractivity contribution in [2.45, 2.75) is 26.0 Å². The summed E-state index contributed by atoms with van der Waals surface area (Å²) in [4.78, 5) is 13.4. The fourth-order valence-corrected chi connectivity index (χ4v) is 1.53. The lowest BCUT2D eigenvalue weighted by molar-refractivity contribution is -0.150. The monoisotopic (exact) mass is 257 g/mol. The zero-order valence-corrected chi connectivity index (χ0v) is 11.0. The number of halogens is 2.